The molecule has 0 bridgehead atoms. The minimum absolute atomic E-state index is 0.229. The lowest BCUT2D eigenvalue weighted by Crippen LogP contribution is -2.09. The van der Waals surface area contributed by atoms with Gasteiger partial charge in [-0.15, -0.1) is 0 Å². The van der Waals surface area contributed by atoms with Crippen molar-refractivity contribution in [3.8, 4) is 0 Å². The van der Waals surface area contributed by atoms with Gasteiger partial charge in [0.15, 0.2) is 0 Å². The van der Waals surface area contributed by atoms with Crippen molar-refractivity contribution in [3.05, 3.63) is 40.8 Å². The van der Waals surface area contributed by atoms with Crippen LogP contribution in [0.5, 0.6) is 0 Å². The van der Waals surface area contributed by atoms with Crippen LogP contribution in [-0.2, 0) is 12.6 Å². The SMILES string of the molecule is CCCc1cc([C](C)CO)cc(C(F)(F)F)c1. The molecule has 1 rings (SSSR count). The average Bonchev–Trinajstić information content (AvgIpc) is 2.27. The van der Waals surface area contributed by atoms with Gasteiger partial charge < -0.3 is 5.11 Å². The minimum atomic E-state index is -4.34. The first-order valence-corrected chi connectivity index (χ1v) is 5.53. The second-order valence-electron chi connectivity index (χ2n) is 4.10. The maximum atomic E-state index is 12.7. The van der Waals surface area contributed by atoms with Gasteiger partial charge in [-0.05, 0) is 29.7 Å². The van der Waals surface area contributed by atoms with Gasteiger partial charge in [0.2, 0.25) is 0 Å². The van der Waals surface area contributed by atoms with Crippen molar-refractivity contribution in [1.29, 1.82) is 0 Å². The molecule has 0 aromatic heterocycles. The number of hydrogen-bond acceptors (Lipinski definition) is 1. The van der Waals surface area contributed by atoms with Crippen LogP contribution in [0, 0.1) is 5.92 Å². The maximum absolute atomic E-state index is 12.7. The first-order valence-electron chi connectivity index (χ1n) is 5.53. The summed E-state index contributed by atoms with van der Waals surface area (Å²) in [5.74, 6) is 0.549. The average molecular weight is 245 g/mol. The summed E-state index contributed by atoms with van der Waals surface area (Å²) in [5.41, 5.74) is 0.474. The molecule has 0 amide bonds. The predicted octanol–water partition coefficient (Wildman–Crippen LogP) is 3.59. The van der Waals surface area contributed by atoms with Crippen molar-refractivity contribution in [2.75, 3.05) is 6.61 Å². The van der Waals surface area contributed by atoms with E-state index >= 15 is 0 Å². The summed E-state index contributed by atoms with van der Waals surface area (Å²) in [7, 11) is 0. The largest absolute Gasteiger partial charge is 0.416 e. The molecule has 0 saturated heterocycles. The highest BCUT2D eigenvalue weighted by Gasteiger charge is 2.31. The van der Waals surface area contributed by atoms with Gasteiger partial charge in [0.1, 0.15) is 0 Å². The van der Waals surface area contributed by atoms with E-state index in [2.05, 4.69) is 0 Å². The highest BCUT2D eigenvalue weighted by atomic mass is 19.4. The summed E-state index contributed by atoms with van der Waals surface area (Å²) in [6.07, 6.45) is -2.94. The summed E-state index contributed by atoms with van der Waals surface area (Å²) in [6.45, 7) is 3.32. The van der Waals surface area contributed by atoms with E-state index in [9.17, 15) is 13.2 Å². The van der Waals surface area contributed by atoms with Crippen LogP contribution in [0.1, 0.15) is 37.0 Å². The molecule has 0 fully saturated rings. The fourth-order valence-electron chi connectivity index (χ4n) is 1.63. The molecule has 1 radical (unpaired) electrons. The Morgan fingerprint density at radius 2 is 1.88 bits per heavy atom. The Bertz CT molecular complexity index is 371. The molecule has 1 N–H and O–H groups in total. The Balaban J connectivity index is 3.18. The monoisotopic (exact) mass is 245 g/mol. The van der Waals surface area contributed by atoms with Gasteiger partial charge in [-0.3, -0.25) is 0 Å². The zero-order valence-corrected chi connectivity index (χ0v) is 9.93. The van der Waals surface area contributed by atoms with E-state index in [-0.39, 0.29) is 6.61 Å². The number of halogens is 3. The Hall–Kier alpha value is -1.03. The molecule has 0 atom stereocenters. The van der Waals surface area contributed by atoms with Crippen LogP contribution in [0.3, 0.4) is 0 Å². The smallest absolute Gasteiger partial charge is 0.395 e. The number of aliphatic hydroxyl groups excluding tert-OH is 1. The lowest BCUT2D eigenvalue weighted by Gasteiger charge is -2.14. The zero-order chi connectivity index (χ0) is 13.1. The quantitative estimate of drug-likeness (QED) is 0.859. The minimum Gasteiger partial charge on any atom is -0.395 e. The molecule has 95 valence electrons. The Morgan fingerprint density at radius 1 is 1.24 bits per heavy atom. The second-order valence-corrected chi connectivity index (χ2v) is 4.10. The number of benzene rings is 1. The molecule has 0 unspecified atom stereocenters. The van der Waals surface area contributed by atoms with Crippen molar-refractivity contribution < 1.29 is 18.3 Å². The van der Waals surface area contributed by atoms with Crippen molar-refractivity contribution in [3.63, 3.8) is 0 Å². The predicted molar refractivity (Wildman–Crippen MR) is 60.5 cm³/mol. The molecule has 1 nitrogen and oxygen atoms in total. The summed E-state index contributed by atoms with van der Waals surface area (Å²) in [5, 5.41) is 8.98. The van der Waals surface area contributed by atoms with E-state index in [4.69, 9.17) is 5.11 Å². The molecular weight excluding hydrogens is 229 g/mol. The molecule has 0 aliphatic heterocycles. The van der Waals surface area contributed by atoms with Crippen molar-refractivity contribution in [1.82, 2.24) is 0 Å². The topological polar surface area (TPSA) is 20.2 Å². The highest BCUT2D eigenvalue weighted by molar-refractivity contribution is 5.39. The second kappa shape index (κ2) is 5.54. The third-order valence-corrected chi connectivity index (χ3v) is 2.59. The van der Waals surface area contributed by atoms with Crippen LogP contribution in [0.15, 0.2) is 18.2 Å². The third-order valence-electron chi connectivity index (χ3n) is 2.59. The number of alkyl halides is 3. The first-order chi connectivity index (χ1) is 7.88. The lowest BCUT2D eigenvalue weighted by atomic mass is 9.95. The number of aryl methyl sites for hydroxylation is 1. The van der Waals surface area contributed by atoms with Gasteiger partial charge in [0.05, 0.1) is 12.2 Å². The van der Waals surface area contributed by atoms with Crippen LogP contribution in [0.2, 0.25) is 0 Å². The Kier molecular flexibility index (Phi) is 4.57. The van der Waals surface area contributed by atoms with E-state index < -0.39 is 11.7 Å². The maximum Gasteiger partial charge on any atom is 0.416 e. The standard InChI is InChI=1S/C13H16F3O/c1-3-4-10-5-11(9(2)8-17)7-12(6-10)13(14,15)16/h5-7,17H,3-4,8H2,1-2H3. The number of rotatable bonds is 4. The Labute approximate surface area is 99.3 Å². The Morgan fingerprint density at radius 3 is 2.35 bits per heavy atom. The van der Waals surface area contributed by atoms with E-state index in [0.29, 0.717) is 23.5 Å². The van der Waals surface area contributed by atoms with E-state index in [0.717, 1.165) is 12.5 Å². The molecule has 0 aliphatic rings. The van der Waals surface area contributed by atoms with Gasteiger partial charge in [-0.2, -0.15) is 13.2 Å². The van der Waals surface area contributed by atoms with Crippen LogP contribution in [0.25, 0.3) is 0 Å². The van der Waals surface area contributed by atoms with Crippen molar-refractivity contribution >= 4 is 0 Å². The summed E-state index contributed by atoms with van der Waals surface area (Å²) in [6, 6.07) is 3.98. The van der Waals surface area contributed by atoms with Crippen molar-refractivity contribution in [2.45, 2.75) is 32.9 Å². The van der Waals surface area contributed by atoms with Gasteiger partial charge in [0, 0.05) is 5.92 Å². The molecule has 0 aliphatic carbocycles. The normalized spacial score (nSPS) is 12.2. The molecular formula is C13H16F3O. The summed E-state index contributed by atoms with van der Waals surface area (Å²) >= 11 is 0. The van der Waals surface area contributed by atoms with Crippen molar-refractivity contribution in [2.24, 2.45) is 0 Å². The van der Waals surface area contributed by atoms with E-state index in [1.807, 2.05) is 6.92 Å². The van der Waals surface area contributed by atoms with Gasteiger partial charge in [-0.25, -0.2) is 0 Å². The summed E-state index contributed by atoms with van der Waals surface area (Å²) < 4.78 is 38.1. The summed E-state index contributed by atoms with van der Waals surface area (Å²) in [4.78, 5) is 0. The third kappa shape index (κ3) is 3.73. The van der Waals surface area contributed by atoms with E-state index in [1.54, 1.807) is 13.0 Å². The van der Waals surface area contributed by atoms with Crippen LogP contribution >= 0.6 is 0 Å². The van der Waals surface area contributed by atoms with Crippen LogP contribution in [0.4, 0.5) is 13.2 Å². The first kappa shape index (κ1) is 14.0. The molecule has 0 heterocycles. The van der Waals surface area contributed by atoms with Gasteiger partial charge in [0.25, 0.3) is 0 Å². The number of hydrogen-bond donors (Lipinski definition) is 1. The van der Waals surface area contributed by atoms with Gasteiger partial charge in [-0.1, -0.05) is 26.3 Å². The molecule has 4 heteroatoms. The molecule has 1 aromatic carbocycles. The highest BCUT2D eigenvalue weighted by Crippen LogP contribution is 2.32. The molecule has 1 aromatic rings. The molecule has 0 spiro atoms. The fourth-order valence-corrected chi connectivity index (χ4v) is 1.63. The van der Waals surface area contributed by atoms with Crippen LogP contribution in [-0.4, -0.2) is 11.7 Å². The molecule has 0 saturated carbocycles. The zero-order valence-electron chi connectivity index (χ0n) is 9.93. The fraction of sp³-hybridized carbons (Fsp3) is 0.462. The van der Waals surface area contributed by atoms with E-state index in [1.165, 1.54) is 6.07 Å². The van der Waals surface area contributed by atoms with Gasteiger partial charge >= 0.3 is 6.18 Å². The molecule has 17 heavy (non-hydrogen) atoms. The number of aliphatic hydroxyl groups is 1. The van der Waals surface area contributed by atoms with Crippen LogP contribution < -0.4 is 0 Å². The lowest BCUT2D eigenvalue weighted by molar-refractivity contribution is -0.137.